The zero-order valence-electron chi connectivity index (χ0n) is 21.7. The molecular formula is C27H38N5O5+. The van der Waals surface area contributed by atoms with Crippen LogP contribution in [0.5, 0.6) is 5.75 Å². The molecule has 2 aromatic carbocycles. The van der Waals surface area contributed by atoms with Crippen LogP contribution in [0.15, 0.2) is 42.5 Å². The first-order chi connectivity index (χ1) is 17.3. The number of aliphatic hydroxyl groups is 1. The molecule has 0 spiro atoms. The van der Waals surface area contributed by atoms with Crippen LogP contribution in [0.25, 0.3) is 0 Å². The van der Waals surface area contributed by atoms with Gasteiger partial charge in [0.1, 0.15) is 11.8 Å². The number of nitrogens with zero attached hydrogens (tertiary/aromatic N) is 1. The highest BCUT2D eigenvalue weighted by Gasteiger charge is 2.50. The van der Waals surface area contributed by atoms with E-state index in [0.29, 0.717) is 18.5 Å². The van der Waals surface area contributed by atoms with E-state index >= 15 is 0 Å². The molecule has 10 nitrogen and oxygen atoms in total. The Morgan fingerprint density at radius 2 is 1.84 bits per heavy atom. The molecule has 0 radical (unpaired) electrons. The van der Waals surface area contributed by atoms with Crippen molar-refractivity contribution in [3.05, 3.63) is 59.2 Å². The number of amides is 5. The van der Waals surface area contributed by atoms with Gasteiger partial charge in [0.15, 0.2) is 0 Å². The second-order valence-electron chi connectivity index (χ2n) is 10.5. The van der Waals surface area contributed by atoms with Crippen molar-refractivity contribution in [1.29, 1.82) is 0 Å². The monoisotopic (exact) mass is 512 g/mol. The highest BCUT2D eigenvalue weighted by molar-refractivity contribution is 5.89. The highest BCUT2D eigenvalue weighted by Crippen LogP contribution is 2.29. The molecular weight excluding hydrogens is 474 g/mol. The Morgan fingerprint density at radius 3 is 2.46 bits per heavy atom. The number of likely N-dealkylation sites (tertiary alicyclic amines) is 1. The topological polar surface area (TPSA) is 168 Å². The number of phenols is 1. The molecule has 1 heterocycles. The maximum absolute atomic E-state index is 13.2. The molecule has 200 valence electrons. The van der Waals surface area contributed by atoms with Crippen molar-refractivity contribution in [1.82, 2.24) is 5.32 Å². The summed E-state index contributed by atoms with van der Waals surface area (Å²) in [7, 11) is 0. The molecule has 1 saturated heterocycles. The summed E-state index contributed by atoms with van der Waals surface area (Å²) in [6.45, 7) is 6.60. The Morgan fingerprint density at radius 1 is 1.14 bits per heavy atom. The van der Waals surface area contributed by atoms with Gasteiger partial charge in [-0.05, 0) is 56.0 Å². The fourth-order valence-corrected chi connectivity index (χ4v) is 5.12. The average Bonchev–Trinajstić information content (AvgIpc) is 3.21. The Hall–Kier alpha value is -3.47. The molecule has 3 atom stereocenters. The summed E-state index contributed by atoms with van der Waals surface area (Å²) in [5.41, 5.74) is 12.9. The number of quaternary nitrogens is 1. The lowest BCUT2D eigenvalue weighted by atomic mass is 9.93. The van der Waals surface area contributed by atoms with Crippen LogP contribution in [-0.4, -0.2) is 57.3 Å². The number of aliphatic hydroxyl groups excluding tert-OH is 1. The molecule has 1 fully saturated rings. The van der Waals surface area contributed by atoms with Gasteiger partial charge in [-0.3, -0.25) is 0 Å². The number of anilines is 1. The van der Waals surface area contributed by atoms with E-state index in [1.165, 1.54) is 12.1 Å². The number of nitrogens with two attached hydrogens (primary N) is 2. The number of hydrogen-bond donors (Lipinski definition) is 6. The van der Waals surface area contributed by atoms with Crippen molar-refractivity contribution in [2.45, 2.75) is 64.1 Å². The van der Waals surface area contributed by atoms with Gasteiger partial charge in [0.25, 0.3) is 0 Å². The van der Waals surface area contributed by atoms with Gasteiger partial charge in [0.2, 0.25) is 0 Å². The number of urea groups is 2. The normalized spacial score (nSPS) is 20.4. The highest BCUT2D eigenvalue weighted by atomic mass is 16.3. The molecule has 3 rings (SSSR count). The van der Waals surface area contributed by atoms with Gasteiger partial charge >= 0.3 is 18.0 Å². The van der Waals surface area contributed by atoms with Crippen LogP contribution in [0.4, 0.5) is 15.3 Å². The Balaban J connectivity index is 1.64. The maximum atomic E-state index is 13.2. The summed E-state index contributed by atoms with van der Waals surface area (Å²) < 4.78 is -0.289. The second-order valence-corrected chi connectivity index (χ2v) is 10.5. The predicted molar refractivity (Wildman–Crippen MR) is 141 cm³/mol. The lowest BCUT2D eigenvalue weighted by Crippen LogP contribution is -2.61. The van der Waals surface area contributed by atoms with Crippen LogP contribution in [0.3, 0.4) is 0 Å². The third-order valence-electron chi connectivity index (χ3n) is 7.15. The van der Waals surface area contributed by atoms with Gasteiger partial charge in [0, 0.05) is 24.9 Å². The lowest BCUT2D eigenvalue weighted by Gasteiger charge is -2.31. The van der Waals surface area contributed by atoms with E-state index in [2.05, 4.69) is 10.6 Å². The van der Waals surface area contributed by atoms with Crippen LogP contribution >= 0.6 is 0 Å². The van der Waals surface area contributed by atoms with Gasteiger partial charge in [0.05, 0.1) is 24.8 Å². The van der Waals surface area contributed by atoms with Crippen LogP contribution < -0.4 is 22.1 Å². The fraction of sp³-hybridized carbons (Fsp3) is 0.444. The predicted octanol–water partition coefficient (Wildman–Crippen LogP) is 2.67. The summed E-state index contributed by atoms with van der Waals surface area (Å²) in [4.78, 5) is 36.6. The summed E-state index contributed by atoms with van der Waals surface area (Å²) in [6.07, 6.45) is 1.46. The van der Waals surface area contributed by atoms with Crippen molar-refractivity contribution in [2.75, 3.05) is 18.4 Å². The second kappa shape index (κ2) is 11.3. The van der Waals surface area contributed by atoms with Gasteiger partial charge < -0.3 is 32.3 Å². The fourth-order valence-electron chi connectivity index (χ4n) is 5.12. The smallest absolute Gasteiger partial charge is 0.421 e. The number of carbonyl (C=O) groups is 3. The quantitative estimate of drug-likeness (QED) is 0.223. The van der Waals surface area contributed by atoms with E-state index in [1.807, 2.05) is 45.0 Å². The minimum absolute atomic E-state index is 0.112. The van der Waals surface area contributed by atoms with Crippen LogP contribution in [0.2, 0.25) is 0 Å². The zero-order valence-corrected chi connectivity index (χ0v) is 21.7. The molecule has 8 N–H and O–H groups in total. The zero-order chi connectivity index (χ0) is 27.4. The number of β-amino-alcohol motifs (C(OH)–C–C–N with tert-alkyl or cyclic N) is 1. The first-order valence-corrected chi connectivity index (χ1v) is 12.5. The van der Waals surface area contributed by atoms with Gasteiger partial charge in [-0.2, -0.15) is 4.48 Å². The molecule has 10 heteroatoms. The molecule has 0 aromatic heterocycles. The SMILES string of the molecule is C[C@@H]1CCC[N+]1(C(N)=O)C(=O)Cc1cccc(CC(C)(C)NC[C@H](O)c2ccc(O)c(NC(N)=O)c2)c1. The largest absolute Gasteiger partial charge is 0.506 e. The van der Waals surface area contributed by atoms with Gasteiger partial charge in [-0.15, -0.1) is 0 Å². The summed E-state index contributed by atoms with van der Waals surface area (Å²) in [6, 6.07) is 10.7. The number of hydrogen-bond acceptors (Lipinski definition) is 6. The standard InChI is InChI=1S/C27H37N5O5/c1-17-6-5-11-32(17,26(29)37)24(35)13-18-7-4-8-19(12-18)15-27(2,3)30-16-23(34)20-9-10-22(33)21(14-20)31-25(28)36/h4,7-10,12,14,17,23,30,34H,5-6,11,13,15-16H2,1-3H3,(H5-,28,29,31,33,36,37)/p+1/t17-,23+,32?/m1/s1. The third kappa shape index (κ3) is 6.65. The molecule has 37 heavy (non-hydrogen) atoms. The molecule has 0 aliphatic carbocycles. The molecule has 5 amide bonds. The average molecular weight is 513 g/mol. The third-order valence-corrected chi connectivity index (χ3v) is 7.15. The number of imide groups is 1. The minimum atomic E-state index is -0.895. The van der Waals surface area contributed by atoms with E-state index in [0.717, 1.165) is 24.0 Å². The number of benzene rings is 2. The first-order valence-electron chi connectivity index (χ1n) is 12.5. The molecule has 0 bridgehead atoms. The van der Waals surface area contributed by atoms with E-state index in [4.69, 9.17) is 11.5 Å². The number of phenolic OH excluding ortho intramolecular Hbond substituents is 1. The lowest BCUT2D eigenvalue weighted by molar-refractivity contribution is -0.783. The Bertz CT molecular complexity index is 1170. The summed E-state index contributed by atoms with van der Waals surface area (Å²) in [5.74, 6) is -0.321. The van der Waals surface area contributed by atoms with Crippen molar-refractivity contribution < 1.29 is 29.1 Å². The Kier molecular flexibility index (Phi) is 8.57. The summed E-state index contributed by atoms with van der Waals surface area (Å²) in [5, 5.41) is 26.2. The number of aromatic hydroxyl groups is 1. The molecule has 1 aliphatic heterocycles. The van der Waals surface area contributed by atoms with Crippen LogP contribution in [0, 0.1) is 0 Å². The summed E-state index contributed by atoms with van der Waals surface area (Å²) >= 11 is 0. The maximum Gasteiger partial charge on any atom is 0.421 e. The van der Waals surface area contributed by atoms with Crippen LogP contribution in [-0.2, 0) is 17.6 Å². The van der Waals surface area contributed by atoms with Gasteiger partial charge in [-0.1, -0.05) is 30.3 Å². The van der Waals surface area contributed by atoms with Crippen molar-refractivity contribution in [3.63, 3.8) is 0 Å². The number of rotatable bonds is 9. The first kappa shape index (κ1) is 28.1. The van der Waals surface area contributed by atoms with E-state index < -0.39 is 23.7 Å². The molecule has 0 saturated carbocycles. The Labute approximate surface area is 217 Å². The molecule has 2 aromatic rings. The number of nitrogens with one attached hydrogen (secondary N) is 2. The van der Waals surface area contributed by atoms with Gasteiger partial charge in [-0.25, -0.2) is 14.4 Å². The van der Waals surface area contributed by atoms with Crippen molar-refractivity contribution in [3.8, 4) is 5.75 Å². The van der Waals surface area contributed by atoms with Crippen molar-refractivity contribution in [2.24, 2.45) is 11.5 Å². The van der Waals surface area contributed by atoms with Crippen LogP contribution in [0.1, 0.15) is 56.4 Å². The molecule has 1 unspecified atom stereocenters. The van der Waals surface area contributed by atoms with E-state index in [1.54, 1.807) is 6.07 Å². The minimum Gasteiger partial charge on any atom is -0.506 e. The van der Waals surface area contributed by atoms with Crippen molar-refractivity contribution >= 4 is 23.7 Å². The number of carbonyl (C=O) groups excluding carboxylic acids is 3. The van der Waals surface area contributed by atoms with E-state index in [9.17, 15) is 24.6 Å². The number of primary amides is 2. The molecule has 1 aliphatic rings. The van der Waals surface area contributed by atoms with E-state index in [-0.39, 0.29) is 40.8 Å².